The summed E-state index contributed by atoms with van der Waals surface area (Å²) in [5.74, 6) is -2.09. The SMILES string of the molecule is CC(C)(C)c1ccc(Oc2ccc(NC(=O)CN3C(=O)[C@@H]4[C@H](C3=O)C3(Cl)c5ccccc5C4(Cl)c4ccccc43)cc2)cc1. The molecule has 3 amide bonds. The fourth-order valence-corrected chi connectivity index (χ4v) is 8.09. The second kappa shape index (κ2) is 9.94. The molecule has 1 N–H and O–H groups in total. The molecule has 4 aromatic carbocycles. The predicted octanol–water partition coefficient (Wildman–Crippen LogP) is 7.31. The van der Waals surface area contributed by atoms with Crippen molar-refractivity contribution in [3.05, 3.63) is 125 Å². The Hall–Kier alpha value is -4.13. The Balaban J connectivity index is 1.09. The molecule has 0 aromatic heterocycles. The summed E-state index contributed by atoms with van der Waals surface area (Å²) in [5.41, 5.74) is 4.64. The molecule has 222 valence electrons. The van der Waals surface area contributed by atoms with Crippen molar-refractivity contribution in [2.75, 3.05) is 11.9 Å². The Kier molecular flexibility index (Phi) is 6.47. The largest absolute Gasteiger partial charge is 0.457 e. The maximum absolute atomic E-state index is 14.0. The lowest BCUT2D eigenvalue weighted by Crippen LogP contribution is -2.57. The van der Waals surface area contributed by atoms with Crippen molar-refractivity contribution in [1.29, 1.82) is 0 Å². The highest BCUT2D eigenvalue weighted by Gasteiger charge is 2.73. The number of benzene rings is 4. The van der Waals surface area contributed by atoms with Crippen LogP contribution in [0.4, 0.5) is 5.69 Å². The van der Waals surface area contributed by atoms with Crippen molar-refractivity contribution in [3.8, 4) is 11.5 Å². The van der Waals surface area contributed by atoms with Crippen LogP contribution in [0.15, 0.2) is 97.1 Å². The molecule has 6 nitrogen and oxygen atoms in total. The van der Waals surface area contributed by atoms with E-state index in [0.29, 0.717) is 17.2 Å². The summed E-state index contributed by atoms with van der Waals surface area (Å²) in [7, 11) is 0. The summed E-state index contributed by atoms with van der Waals surface area (Å²) in [6.07, 6.45) is 0. The quantitative estimate of drug-likeness (QED) is 0.187. The average Bonchev–Trinajstić information content (AvgIpc) is 3.26. The van der Waals surface area contributed by atoms with Gasteiger partial charge in [-0.25, -0.2) is 0 Å². The smallest absolute Gasteiger partial charge is 0.244 e. The van der Waals surface area contributed by atoms with Gasteiger partial charge >= 0.3 is 0 Å². The van der Waals surface area contributed by atoms with Crippen LogP contribution in [0.25, 0.3) is 0 Å². The maximum Gasteiger partial charge on any atom is 0.244 e. The summed E-state index contributed by atoms with van der Waals surface area (Å²) >= 11 is 14.9. The van der Waals surface area contributed by atoms with Crippen LogP contribution >= 0.6 is 23.2 Å². The van der Waals surface area contributed by atoms with Gasteiger partial charge in [-0.2, -0.15) is 0 Å². The minimum Gasteiger partial charge on any atom is -0.457 e. The van der Waals surface area contributed by atoms with E-state index in [1.54, 1.807) is 24.3 Å². The zero-order valence-corrected chi connectivity index (χ0v) is 25.9. The van der Waals surface area contributed by atoms with Crippen LogP contribution in [0, 0.1) is 11.8 Å². The van der Waals surface area contributed by atoms with E-state index in [4.69, 9.17) is 27.9 Å². The van der Waals surface area contributed by atoms with Gasteiger partial charge < -0.3 is 10.1 Å². The number of rotatable bonds is 5. The summed E-state index contributed by atoms with van der Waals surface area (Å²) in [5, 5.41) is 2.79. The Morgan fingerprint density at radius 1 is 0.727 bits per heavy atom. The molecule has 8 rings (SSSR count). The van der Waals surface area contributed by atoms with Crippen LogP contribution in [0.5, 0.6) is 11.5 Å². The highest BCUT2D eigenvalue weighted by molar-refractivity contribution is 6.36. The molecule has 1 aliphatic heterocycles. The number of alkyl halides is 2. The maximum atomic E-state index is 14.0. The normalized spacial score (nSPS) is 24.9. The molecule has 0 spiro atoms. The van der Waals surface area contributed by atoms with Gasteiger partial charge in [0, 0.05) is 5.69 Å². The van der Waals surface area contributed by atoms with Crippen molar-refractivity contribution in [2.45, 2.75) is 35.9 Å². The van der Waals surface area contributed by atoms with Gasteiger partial charge in [-0.05, 0) is 69.6 Å². The van der Waals surface area contributed by atoms with E-state index in [2.05, 4.69) is 26.1 Å². The third kappa shape index (κ3) is 4.11. The number of anilines is 1. The zero-order chi connectivity index (χ0) is 31.0. The van der Waals surface area contributed by atoms with Gasteiger partial charge in [-0.3, -0.25) is 19.3 Å². The van der Waals surface area contributed by atoms with Crippen LogP contribution in [0.2, 0.25) is 0 Å². The van der Waals surface area contributed by atoms with Crippen molar-refractivity contribution < 1.29 is 19.1 Å². The molecule has 0 saturated carbocycles. The molecule has 4 aromatic rings. The molecular weight excluding hydrogens is 595 g/mol. The van der Waals surface area contributed by atoms with E-state index in [1.807, 2.05) is 72.8 Å². The fourth-order valence-electron chi connectivity index (χ4n) is 6.99. The number of hydrogen-bond acceptors (Lipinski definition) is 4. The second-order valence-electron chi connectivity index (χ2n) is 12.7. The Labute approximate surface area is 265 Å². The molecule has 8 heteroatoms. The first-order chi connectivity index (χ1) is 20.9. The highest BCUT2D eigenvalue weighted by Crippen LogP contribution is 2.69. The number of halogens is 2. The number of amides is 3. The number of likely N-dealkylation sites (tertiary alicyclic amines) is 1. The number of carbonyl (C=O) groups excluding carboxylic acids is 3. The van der Waals surface area contributed by atoms with Crippen molar-refractivity contribution in [1.82, 2.24) is 4.90 Å². The number of nitrogens with zero attached hydrogens (tertiary/aromatic N) is 1. The number of hydrogen-bond donors (Lipinski definition) is 1. The lowest BCUT2D eigenvalue weighted by molar-refractivity contribution is -0.142. The lowest BCUT2D eigenvalue weighted by Gasteiger charge is -2.54. The molecule has 2 atom stereocenters. The number of ether oxygens (including phenoxy) is 1. The lowest BCUT2D eigenvalue weighted by atomic mass is 9.54. The van der Waals surface area contributed by atoms with Gasteiger partial charge in [0.25, 0.3) is 0 Å². The van der Waals surface area contributed by atoms with E-state index in [1.165, 1.54) is 5.56 Å². The molecule has 2 bridgehead atoms. The predicted molar refractivity (Wildman–Crippen MR) is 170 cm³/mol. The summed E-state index contributed by atoms with van der Waals surface area (Å²) in [4.78, 5) is 39.5. The van der Waals surface area contributed by atoms with Crippen molar-refractivity contribution in [3.63, 3.8) is 0 Å². The molecule has 1 heterocycles. The summed E-state index contributed by atoms with van der Waals surface area (Å²) in [6, 6.07) is 29.7. The van der Waals surface area contributed by atoms with Gasteiger partial charge in [-0.1, -0.05) is 81.4 Å². The molecule has 1 fully saturated rings. The standard InChI is InChI=1S/C36H30Cl2N2O4/c1-34(2,3)21-12-16-23(17-13-21)44-24-18-14-22(15-19-24)39-29(41)20-40-32(42)30-31(33(40)43)36(38)26-9-5-4-8-25(26)35(30,37)27-10-6-7-11-28(27)36/h4-19,30-31H,20H2,1-3H3,(H,39,41)/t30-,31+,35?,36?. The zero-order valence-electron chi connectivity index (χ0n) is 24.4. The minimum absolute atomic E-state index is 0.0487. The Morgan fingerprint density at radius 2 is 1.14 bits per heavy atom. The first-order valence-electron chi connectivity index (χ1n) is 14.6. The van der Waals surface area contributed by atoms with E-state index in [-0.39, 0.29) is 5.41 Å². The molecule has 4 aliphatic rings. The van der Waals surface area contributed by atoms with E-state index < -0.39 is 45.9 Å². The van der Waals surface area contributed by atoms with Crippen molar-refractivity contribution >= 4 is 46.6 Å². The number of nitrogens with one attached hydrogen (secondary N) is 1. The molecule has 1 saturated heterocycles. The first kappa shape index (κ1) is 28.6. The van der Waals surface area contributed by atoms with Gasteiger partial charge in [0.15, 0.2) is 0 Å². The van der Waals surface area contributed by atoms with E-state index >= 15 is 0 Å². The Morgan fingerprint density at radius 3 is 1.55 bits per heavy atom. The highest BCUT2D eigenvalue weighted by atomic mass is 35.5. The van der Waals surface area contributed by atoms with Gasteiger partial charge in [0.1, 0.15) is 27.8 Å². The molecular formula is C36H30Cl2N2O4. The summed E-state index contributed by atoms with van der Waals surface area (Å²) < 4.78 is 5.96. The van der Waals surface area contributed by atoms with Crippen LogP contribution in [0.3, 0.4) is 0 Å². The third-order valence-electron chi connectivity index (χ3n) is 9.07. The monoisotopic (exact) mass is 624 g/mol. The molecule has 0 radical (unpaired) electrons. The van der Waals surface area contributed by atoms with Crippen molar-refractivity contribution in [2.24, 2.45) is 11.8 Å². The third-order valence-corrected chi connectivity index (χ3v) is 10.4. The molecule has 44 heavy (non-hydrogen) atoms. The van der Waals surface area contributed by atoms with Crippen LogP contribution in [0.1, 0.15) is 48.6 Å². The minimum atomic E-state index is -1.28. The van der Waals surface area contributed by atoms with Gasteiger partial charge in [0.05, 0.1) is 11.8 Å². The topological polar surface area (TPSA) is 75.7 Å². The molecule has 0 unspecified atom stereocenters. The first-order valence-corrected chi connectivity index (χ1v) is 15.3. The van der Waals surface area contributed by atoms with E-state index in [9.17, 15) is 14.4 Å². The fraction of sp³-hybridized carbons (Fsp3) is 0.250. The Bertz CT molecular complexity index is 1710. The molecule has 3 aliphatic carbocycles. The van der Waals surface area contributed by atoms with Crippen LogP contribution < -0.4 is 10.1 Å². The van der Waals surface area contributed by atoms with Crippen LogP contribution in [-0.2, 0) is 29.5 Å². The summed E-state index contributed by atoms with van der Waals surface area (Å²) in [6.45, 7) is 6.02. The van der Waals surface area contributed by atoms with Gasteiger partial charge in [-0.15, -0.1) is 23.2 Å². The van der Waals surface area contributed by atoms with Crippen LogP contribution in [-0.4, -0.2) is 29.2 Å². The number of imide groups is 1. The van der Waals surface area contributed by atoms with Gasteiger partial charge in [0.2, 0.25) is 17.7 Å². The average molecular weight is 626 g/mol. The van der Waals surface area contributed by atoms with E-state index in [0.717, 1.165) is 27.2 Å². The number of carbonyl (C=O) groups is 3. The second-order valence-corrected chi connectivity index (χ2v) is 13.9.